The number of piperidine rings is 1. The average Bonchev–Trinajstić information content (AvgIpc) is 2.44. The van der Waals surface area contributed by atoms with Gasteiger partial charge < -0.3 is 15.3 Å². The minimum atomic E-state index is -4.59. The van der Waals surface area contributed by atoms with Gasteiger partial charge in [-0.2, -0.15) is 13.2 Å². The molecule has 1 aromatic rings. The Hall–Kier alpha value is -1.57. The summed E-state index contributed by atoms with van der Waals surface area (Å²) in [6.45, 7) is 3.33. The van der Waals surface area contributed by atoms with Gasteiger partial charge in [-0.15, -0.1) is 0 Å². The zero-order chi connectivity index (χ0) is 15.5. The summed E-state index contributed by atoms with van der Waals surface area (Å²) in [4.78, 5) is 8.80. The summed E-state index contributed by atoms with van der Waals surface area (Å²) in [6.07, 6.45) is -2.95. The molecule has 0 amide bonds. The highest BCUT2D eigenvalue weighted by molar-refractivity contribution is 5.50. The normalized spacial score (nSPS) is 19.7. The molecule has 8 heteroatoms. The summed E-state index contributed by atoms with van der Waals surface area (Å²) in [5, 5.41) is 12.5. The Balaban J connectivity index is 2.30. The van der Waals surface area contributed by atoms with Gasteiger partial charge in [-0.05, 0) is 19.3 Å². The summed E-state index contributed by atoms with van der Waals surface area (Å²) in [5.41, 5.74) is 0. The summed E-state index contributed by atoms with van der Waals surface area (Å²) >= 11 is 0. The molecule has 0 saturated carbocycles. The molecular weight excluding hydrogens is 285 g/mol. The van der Waals surface area contributed by atoms with Crippen LogP contribution in [0.15, 0.2) is 6.07 Å². The maximum absolute atomic E-state index is 12.9. The lowest BCUT2D eigenvalue weighted by molar-refractivity contribution is -0.144. The predicted octanol–water partition coefficient (Wildman–Crippen LogP) is 2.28. The molecule has 0 aliphatic carbocycles. The van der Waals surface area contributed by atoms with Crippen molar-refractivity contribution in [2.75, 3.05) is 29.9 Å². The number of nitrogens with one attached hydrogen (secondary N) is 1. The van der Waals surface area contributed by atoms with Crippen LogP contribution in [0.4, 0.5) is 24.8 Å². The molecule has 1 aliphatic heterocycles. The molecule has 1 atom stereocenters. The molecule has 0 aromatic carbocycles. The lowest BCUT2D eigenvalue weighted by Crippen LogP contribution is -2.39. The molecule has 1 aliphatic rings. The van der Waals surface area contributed by atoms with E-state index in [1.54, 1.807) is 4.90 Å². The third-order valence-electron chi connectivity index (χ3n) is 3.24. The van der Waals surface area contributed by atoms with Crippen LogP contribution in [-0.4, -0.2) is 40.8 Å². The maximum Gasteiger partial charge on any atom is 0.451 e. The molecule has 0 radical (unpaired) electrons. The maximum atomic E-state index is 12.9. The van der Waals surface area contributed by atoms with E-state index in [-0.39, 0.29) is 11.6 Å². The molecule has 1 saturated heterocycles. The van der Waals surface area contributed by atoms with Crippen molar-refractivity contribution in [1.82, 2.24) is 9.97 Å². The minimum Gasteiger partial charge on any atom is -0.391 e. The largest absolute Gasteiger partial charge is 0.451 e. The molecule has 2 heterocycles. The topological polar surface area (TPSA) is 61.3 Å². The quantitative estimate of drug-likeness (QED) is 0.893. The van der Waals surface area contributed by atoms with E-state index >= 15 is 0 Å². The van der Waals surface area contributed by atoms with E-state index in [9.17, 15) is 18.3 Å². The van der Waals surface area contributed by atoms with E-state index in [0.29, 0.717) is 26.1 Å². The second-order valence-corrected chi connectivity index (χ2v) is 5.10. The number of hydrogen-bond acceptors (Lipinski definition) is 5. The van der Waals surface area contributed by atoms with Gasteiger partial charge in [-0.1, -0.05) is 6.92 Å². The highest BCUT2D eigenvalue weighted by Crippen LogP contribution is 2.30. The zero-order valence-electron chi connectivity index (χ0n) is 11.8. The van der Waals surface area contributed by atoms with Crippen LogP contribution < -0.4 is 10.2 Å². The van der Waals surface area contributed by atoms with Gasteiger partial charge in [-0.3, -0.25) is 0 Å². The highest BCUT2D eigenvalue weighted by atomic mass is 19.4. The van der Waals surface area contributed by atoms with Crippen LogP contribution in [0.5, 0.6) is 0 Å². The monoisotopic (exact) mass is 304 g/mol. The lowest BCUT2D eigenvalue weighted by Gasteiger charge is -2.31. The number of alkyl halides is 3. The van der Waals surface area contributed by atoms with E-state index in [0.717, 1.165) is 12.8 Å². The van der Waals surface area contributed by atoms with Gasteiger partial charge in [-0.25, -0.2) is 9.97 Å². The Morgan fingerprint density at radius 3 is 2.81 bits per heavy atom. The number of β-amino-alcohol motifs (C(OH)–C–C–N with tert-alkyl or cyclic N) is 1. The molecule has 21 heavy (non-hydrogen) atoms. The molecule has 1 unspecified atom stereocenters. The van der Waals surface area contributed by atoms with Gasteiger partial charge in [0.2, 0.25) is 5.82 Å². The Bertz CT molecular complexity index is 481. The Morgan fingerprint density at radius 2 is 2.19 bits per heavy atom. The third-order valence-corrected chi connectivity index (χ3v) is 3.24. The van der Waals surface area contributed by atoms with Crippen molar-refractivity contribution in [3.8, 4) is 0 Å². The molecule has 0 bridgehead atoms. The predicted molar refractivity (Wildman–Crippen MR) is 73.3 cm³/mol. The van der Waals surface area contributed by atoms with Crippen molar-refractivity contribution >= 4 is 11.6 Å². The van der Waals surface area contributed by atoms with Gasteiger partial charge in [0, 0.05) is 25.7 Å². The Morgan fingerprint density at radius 1 is 1.43 bits per heavy atom. The van der Waals surface area contributed by atoms with E-state index < -0.39 is 18.1 Å². The molecule has 0 spiro atoms. The number of aromatic nitrogens is 2. The van der Waals surface area contributed by atoms with Crippen LogP contribution in [-0.2, 0) is 6.18 Å². The number of rotatable bonds is 4. The summed E-state index contributed by atoms with van der Waals surface area (Å²) in [6, 6.07) is 1.50. The van der Waals surface area contributed by atoms with Crippen LogP contribution in [0.1, 0.15) is 32.0 Å². The molecule has 1 aromatic heterocycles. The average molecular weight is 304 g/mol. The summed E-state index contributed by atoms with van der Waals surface area (Å²) < 4.78 is 38.7. The highest BCUT2D eigenvalue weighted by Gasteiger charge is 2.36. The number of nitrogens with zero attached hydrogens (tertiary/aromatic N) is 3. The van der Waals surface area contributed by atoms with E-state index in [1.165, 1.54) is 6.07 Å². The first-order valence-electron chi connectivity index (χ1n) is 7.03. The summed E-state index contributed by atoms with van der Waals surface area (Å²) in [7, 11) is 0. The van der Waals surface area contributed by atoms with E-state index in [2.05, 4.69) is 15.3 Å². The molecule has 118 valence electrons. The molecule has 1 fully saturated rings. The van der Waals surface area contributed by atoms with Crippen molar-refractivity contribution in [3.63, 3.8) is 0 Å². The van der Waals surface area contributed by atoms with Crippen LogP contribution in [0, 0.1) is 0 Å². The van der Waals surface area contributed by atoms with Crippen LogP contribution in [0.2, 0.25) is 0 Å². The van der Waals surface area contributed by atoms with Crippen LogP contribution >= 0.6 is 0 Å². The molecule has 2 N–H and O–H groups in total. The van der Waals surface area contributed by atoms with Crippen molar-refractivity contribution in [1.29, 1.82) is 0 Å². The van der Waals surface area contributed by atoms with E-state index in [1.807, 2.05) is 6.92 Å². The number of anilines is 2. The fraction of sp³-hybridized carbons (Fsp3) is 0.692. The third kappa shape index (κ3) is 4.20. The Kier molecular flexibility index (Phi) is 4.87. The van der Waals surface area contributed by atoms with Crippen LogP contribution in [0.3, 0.4) is 0 Å². The number of aliphatic hydroxyl groups excluding tert-OH is 1. The van der Waals surface area contributed by atoms with Crippen molar-refractivity contribution in [2.45, 2.75) is 38.5 Å². The Labute approximate surface area is 121 Å². The lowest BCUT2D eigenvalue weighted by atomic mass is 10.1. The fourth-order valence-electron chi connectivity index (χ4n) is 2.23. The zero-order valence-corrected chi connectivity index (χ0v) is 11.8. The first kappa shape index (κ1) is 15.8. The van der Waals surface area contributed by atoms with Gasteiger partial charge in [0.1, 0.15) is 11.6 Å². The number of halogens is 3. The van der Waals surface area contributed by atoms with Crippen molar-refractivity contribution < 1.29 is 18.3 Å². The SMILES string of the molecule is CCCNc1cc(N2CCCC(O)C2)nc(C(F)(F)F)n1. The number of aliphatic hydroxyl groups is 1. The smallest absolute Gasteiger partial charge is 0.391 e. The first-order chi connectivity index (χ1) is 9.90. The second kappa shape index (κ2) is 6.46. The molecule has 5 nitrogen and oxygen atoms in total. The summed E-state index contributed by atoms with van der Waals surface area (Å²) in [5.74, 6) is -0.789. The van der Waals surface area contributed by atoms with Gasteiger partial charge in [0.05, 0.1) is 6.10 Å². The van der Waals surface area contributed by atoms with Gasteiger partial charge in [0.25, 0.3) is 0 Å². The molecular formula is C13H19F3N4O. The minimum absolute atomic E-state index is 0.161. The van der Waals surface area contributed by atoms with E-state index in [4.69, 9.17) is 0 Å². The van der Waals surface area contributed by atoms with Gasteiger partial charge >= 0.3 is 6.18 Å². The number of hydrogen-bond donors (Lipinski definition) is 2. The van der Waals surface area contributed by atoms with Gasteiger partial charge in [0.15, 0.2) is 0 Å². The second-order valence-electron chi connectivity index (χ2n) is 5.10. The fourth-order valence-corrected chi connectivity index (χ4v) is 2.23. The van der Waals surface area contributed by atoms with Crippen molar-refractivity contribution in [3.05, 3.63) is 11.9 Å². The van der Waals surface area contributed by atoms with Crippen molar-refractivity contribution in [2.24, 2.45) is 0 Å². The first-order valence-corrected chi connectivity index (χ1v) is 7.03. The van der Waals surface area contributed by atoms with Crippen LogP contribution in [0.25, 0.3) is 0 Å². The standard InChI is InChI=1S/C13H19F3N4O/c1-2-5-17-10-7-11(19-12(18-10)13(14,15)16)20-6-3-4-9(21)8-20/h7,9,21H,2-6,8H2,1H3,(H,17,18,19). The molecule has 2 rings (SSSR count).